The van der Waals surface area contributed by atoms with E-state index >= 15 is 0 Å². The molecule has 0 radical (unpaired) electrons. The largest absolute Gasteiger partial charge is 0.326 e. The van der Waals surface area contributed by atoms with Gasteiger partial charge >= 0.3 is 0 Å². The second-order valence-electron chi connectivity index (χ2n) is 3.45. The van der Waals surface area contributed by atoms with Gasteiger partial charge in [-0.25, -0.2) is 0 Å². The quantitative estimate of drug-likeness (QED) is 0.830. The molecule has 0 saturated heterocycles. The summed E-state index contributed by atoms with van der Waals surface area (Å²) in [5.74, 6) is 0. The number of rotatable bonds is 1. The van der Waals surface area contributed by atoms with Crippen molar-refractivity contribution in [2.75, 3.05) is 0 Å². The van der Waals surface area contributed by atoms with Crippen molar-refractivity contribution in [1.29, 1.82) is 0 Å². The van der Waals surface area contributed by atoms with Crippen molar-refractivity contribution in [3.05, 3.63) is 44.2 Å². The summed E-state index contributed by atoms with van der Waals surface area (Å²) in [6.07, 6.45) is 0. The number of nitrogens with one attached hydrogen (secondary N) is 1. The number of aryl methyl sites for hydroxylation is 1. The summed E-state index contributed by atoms with van der Waals surface area (Å²) in [7, 11) is 0. The van der Waals surface area contributed by atoms with E-state index in [0.717, 1.165) is 20.9 Å². The molecule has 2 rings (SSSR count). The lowest BCUT2D eigenvalue weighted by atomic mass is 10.1. The van der Waals surface area contributed by atoms with E-state index in [4.69, 9.17) is 5.73 Å². The number of hydrogen-bond donors (Lipinski definition) is 2. The van der Waals surface area contributed by atoms with E-state index in [2.05, 4.69) is 20.9 Å². The Kier molecular flexibility index (Phi) is 2.63. The zero-order valence-electron chi connectivity index (χ0n) is 8.30. The zero-order chi connectivity index (χ0) is 11.0. The van der Waals surface area contributed by atoms with E-state index < -0.39 is 0 Å². The van der Waals surface area contributed by atoms with E-state index in [-0.39, 0.29) is 12.1 Å². The predicted octanol–water partition coefficient (Wildman–Crippen LogP) is 2.06. The van der Waals surface area contributed by atoms with Crippen LogP contribution in [0.3, 0.4) is 0 Å². The van der Waals surface area contributed by atoms with Crippen LogP contribution in [0, 0.1) is 6.92 Å². The van der Waals surface area contributed by atoms with Crippen LogP contribution in [-0.4, -0.2) is 4.98 Å². The highest BCUT2D eigenvalue weighted by Crippen LogP contribution is 2.21. The first kappa shape index (κ1) is 10.4. The number of nitrogens with two attached hydrogens (primary N) is 1. The number of H-pyrrole nitrogens is 1. The van der Waals surface area contributed by atoms with Crippen molar-refractivity contribution < 1.29 is 0 Å². The number of hydrogen-bond acceptors (Lipinski definition) is 2. The molecule has 1 heterocycles. The fourth-order valence-electron chi connectivity index (χ4n) is 1.71. The van der Waals surface area contributed by atoms with Gasteiger partial charge < -0.3 is 10.7 Å². The first-order valence-electron chi connectivity index (χ1n) is 4.64. The normalized spacial score (nSPS) is 10.9. The van der Waals surface area contributed by atoms with Crippen LogP contribution in [-0.2, 0) is 6.54 Å². The van der Waals surface area contributed by atoms with Crippen LogP contribution in [0.4, 0.5) is 0 Å². The van der Waals surface area contributed by atoms with E-state index in [1.54, 1.807) is 0 Å². The van der Waals surface area contributed by atoms with E-state index in [9.17, 15) is 4.79 Å². The molecule has 2 aromatic rings. The molecule has 0 spiro atoms. The van der Waals surface area contributed by atoms with Gasteiger partial charge in [-0.3, -0.25) is 4.79 Å². The lowest BCUT2D eigenvalue weighted by molar-refractivity contribution is 1.01. The van der Waals surface area contributed by atoms with Crippen molar-refractivity contribution in [2.24, 2.45) is 5.73 Å². The average Bonchev–Trinajstić information content (AvgIpc) is 2.20. The van der Waals surface area contributed by atoms with Gasteiger partial charge in [-0.15, -0.1) is 0 Å². The molecular weight excluding hydrogens is 256 g/mol. The number of aromatic nitrogens is 1. The fourth-order valence-corrected chi connectivity index (χ4v) is 2.07. The van der Waals surface area contributed by atoms with E-state index in [0.29, 0.717) is 5.56 Å². The van der Waals surface area contributed by atoms with Gasteiger partial charge in [0.25, 0.3) is 5.56 Å². The fraction of sp³-hybridized carbons (Fsp3) is 0.182. The lowest BCUT2D eigenvalue weighted by Crippen LogP contribution is -2.18. The van der Waals surface area contributed by atoms with Crippen LogP contribution in [0.2, 0.25) is 0 Å². The lowest BCUT2D eigenvalue weighted by Gasteiger charge is -2.07. The molecule has 0 fully saturated rings. The van der Waals surface area contributed by atoms with Crippen molar-refractivity contribution in [2.45, 2.75) is 13.5 Å². The van der Waals surface area contributed by atoms with Gasteiger partial charge in [-0.1, -0.05) is 15.9 Å². The van der Waals surface area contributed by atoms with Gasteiger partial charge in [0.1, 0.15) is 0 Å². The first-order chi connectivity index (χ1) is 7.13. The minimum absolute atomic E-state index is 0.0928. The third-order valence-corrected chi connectivity index (χ3v) is 3.06. The summed E-state index contributed by atoms with van der Waals surface area (Å²) < 4.78 is 0.994. The molecule has 78 valence electrons. The summed E-state index contributed by atoms with van der Waals surface area (Å²) in [6, 6.07) is 5.77. The van der Waals surface area contributed by atoms with E-state index in [1.807, 2.05) is 25.1 Å². The average molecular weight is 267 g/mol. The number of benzene rings is 1. The number of pyridine rings is 1. The smallest absolute Gasteiger partial charge is 0.253 e. The molecule has 1 aromatic carbocycles. The Morgan fingerprint density at radius 1 is 1.47 bits per heavy atom. The summed E-state index contributed by atoms with van der Waals surface area (Å²) in [5.41, 5.74) is 7.91. The Morgan fingerprint density at radius 3 is 2.87 bits per heavy atom. The SMILES string of the molecule is Cc1c(CN)c(=O)[nH]c2ccc(Br)cc12. The standard InChI is InChI=1S/C11H11BrN2O/c1-6-8-4-7(12)2-3-10(8)14-11(15)9(6)5-13/h2-4H,5,13H2,1H3,(H,14,15). The molecule has 0 aliphatic carbocycles. The third-order valence-electron chi connectivity index (χ3n) is 2.56. The molecule has 0 amide bonds. The molecule has 1 aromatic heterocycles. The zero-order valence-corrected chi connectivity index (χ0v) is 9.89. The van der Waals surface area contributed by atoms with Crippen LogP contribution in [0.15, 0.2) is 27.5 Å². The van der Waals surface area contributed by atoms with E-state index in [1.165, 1.54) is 0 Å². The highest BCUT2D eigenvalue weighted by atomic mass is 79.9. The van der Waals surface area contributed by atoms with Crippen molar-refractivity contribution >= 4 is 26.8 Å². The summed E-state index contributed by atoms with van der Waals surface area (Å²) >= 11 is 3.41. The molecular formula is C11H11BrN2O. The number of halogens is 1. The molecule has 3 N–H and O–H groups in total. The predicted molar refractivity (Wildman–Crippen MR) is 64.9 cm³/mol. The molecule has 4 heteroatoms. The highest BCUT2D eigenvalue weighted by molar-refractivity contribution is 9.10. The van der Waals surface area contributed by atoms with Gasteiger partial charge in [0.2, 0.25) is 0 Å². The summed E-state index contributed by atoms with van der Waals surface area (Å²) in [4.78, 5) is 14.4. The Bertz CT molecular complexity index is 575. The monoisotopic (exact) mass is 266 g/mol. The Morgan fingerprint density at radius 2 is 2.20 bits per heavy atom. The van der Waals surface area contributed by atoms with Crippen LogP contribution >= 0.6 is 15.9 Å². The molecule has 0 aliphatic heterocycles. The third kappa shape index (κ3) is 1.70. The summed E-state index contributed by atoms with van der Waals surface area (Å²) in [5, 5.41) is 1.03. The van der Waals surface area contributed by atoms with Crippen LogP contribution < -0.4 is 11.3 Å². The molecule has 0 aliphatic rings. The van der Waals surface area contributed by atoms with Gasteiger partial charge in [-0.2, -0.15) is 0 Å². The number of aromatic amines is 1. The van der Waals surface area contributed by atoms with Crippen LogP contribution in [0.25, 0.3) is 10.9 Å². The van der Waals surface area contributed by atoms with Crippen LogP contribution in [0.1, 0.15) is 11.1 Å². The molecule has 0 bridgehead atoms. The van der Waals surface area contributed by atoms with Crippen molar-refractivity contribution in [3.8, 4) is 0 Å². The second-order valence-corrected chi connectivity index (χ2v) is 4.37. The Hall–Kier alpha value is -1.13. The maximum Gasteiger partial charge on any atom is 0.253 e. The van der Waals surface area contributed by atoms with Gasteiger partial charge in [0.05, 0.1) is 0 Å². The Balaban J connectivity index is 2.92. The minimum Gasteiger partial charge on any atom is -0.326 e. The maximum absolute atomic E-state index is 11.6. The molecule has 0 atom stereocenters. The number of fused-ring (bicyclic) bond motifs is 1. The molecule has 0 unspecified atom stereocenters. The molecule has 15 heavy (non-hydrogen) atoms. The summed E-state index contributed by atoms with van der Waals surface area (Å²) in [6.45, 7) is 2.19. The minimum atomic E-state index is -0.0928. The maximum atomic E-state index is 11.6. The second kappa shape index (κ2) is 3.79. The highest BCUT2D eigenvalue weighted by Gasteiger charge is 2.07. The molecule has 0 saturated carbocycles. The van der Waals surface area contributed by atoms with Gasteiger partial charge in [-0.05, 0) is 30.7 Å². The van der Waals surface area contributed by atoms with Crippen LogP contribution in [0.5, 0.6) is 0 Å². The first-order valence-corrected chi connectivity index (χ1v) is 5.44. The van der Waals surface area contributed by atoms with Gasteiger partial charge in [0, 0.05) is 27.5 Å². The topological polar surface area (TPSA) is 58.9 Å². The van der Waals surface area contributed by atoms with Gasteiger partial charge in [0.15, 0.2) is 0 Å². The van der Waals surface area contributed by atoms with Crippen molar-refractivity contribution in [1.82, 2.24) is 4.98 Å². The Labute approximate surface area is 95.4 Å². The van der Waals surface area contributed by atoms with Crippen molar-refractivity contribution in [3.63, 3.8) is 0 Å². The molecule has 3 nitrogen and oxygen atoms in total.